The van der Waals surface area contributed by atoms with E-state index in [9.17, 15) is 9.59 Å². The van der Waals surface area contributed by atoms with Crippen molar-refractivity contribution in [2.75, 3.05) is 13.1 Å². The Morgan fingerprint density at radius 1 is 1.19 bits per heavy atom. The summed E-state index contributed by atoms with van der Waals surface area (Å²) in [6.45, 7) is 1.59. The van der Waals surface area contributed by atoms with Gasteiger partial charge in [0.05, 0.1) is 0 Å². The number of rotatable bonds is 5. The summed E-state index contributed by atoms with van der Waals surface area (Å²) in [5, 5.41) is 8.68. The Kier molecular flexibility index (Phi) is 5.60. The molecule has 1 saturated heterocycles. The van der Waals surface area contributed by atoms with E-state index in [0.717, 1.165) is 18.4 Å². The third-order valence-electron chi connectivity index (χ3n) is 3.84. The zero-order valence-electron chi connectivity index (χ0n) is 12.0. The van der Waals surface area contributed by atoms with Crippen LogP contribution in [0.5, 0.6) is 0 Å². The molecule has 0 atom stereocenters. The van der Waals surface area contributed by atoms with E-state index in [4.69, 9.17) is 9.84 Å². The van der Waals surface area contributed by atoms with Gasteiger partial charge in [-0.15, -0.1) is 0 Å². The molecule has 0 aliphatic carbocycles. The van der Waals surface area contributed by atoms with Crippen LogP contribution >= 0.6 is 0 Å². The molecular formula is C16H21NO4. The molecule has 1 amide bonds. The van der Waals surface area contributed by atoms with E-state index in [1.165, 1.54) is 0 Å². The van der Waals surface area contributed by atoms with Crippen molar-refractivity contribution >= 4 is 12.1 Å². The van der Waals surface area contributed by atoms with Gasteiger partial charge in [-0.25, -0.2) is 4.79 Å². The summed E-state index contributed by atoms with van der Waals surface area (Å²) in [4.78, 5) is 24.2. The molecular weight excluding hydrogens is 270 g/mol. The van der Waals surface area contributed by atoms with Crippen molar-refractivity contribution in [3.8, 4) is 0 Å². The SMILES string of the molecule is O=C(O)CCC1CCN(C(=O)OCc2ccccc2)CC1. The molecule has 1 heterocycles. The molecule has 0 radical (unpaired) electrons. The van der Waals surface area contributed by atoms with Crippen LogP contribution in [0.3, 0.4) is 0 Å². The monoisotopic (exact) mass is 291 g/mol. The van der Waals surface area contributed by atoms with Crippen molar-refractivity contribution in [3.63, 3.8) is 0 Å². The summed E-state index contributed by atoms with van der Waals surface area (Å²) in [6.07, 6.45) is 2.34. The van der Waals surface area contributed by atoms with Gasteiger partial charge in [-0.1, -0.05) is 30.3 Å². The highest BCUT2D eigenvalue weighted by molar-refractivity contribution is 5.68. The second-order valence-corrected chi connectivity index (χ2v) is 5.40. The quantitative estimate of drug-likeness (QED) is 0.905. The molecule has 1 aromatic carbocycles. The summed E-state index contributed by atoms with van der Waals surface area (Å²) in [5.74, 6) is -0.348. The second kappa shape index (κ2) is 7.67. The number of hydrogen-bond donors (Lipinski definition) is 1. The van der Waals surface area contributed by atoms with E-state index in [1.807, 2.05) is 30.3 Å². The minimum Gasteiger partial charge on any atom is -0.481 e. The van der Waals surface area contributed by atoms with Crippen LogP contribution in [0.2, 0.25) is 0 Å². The number of benzene rings is 1. The minimum atomic E-state index is -0.750. The van der Waals surface area contributed by atoms with Crippen LogP contribution in [-0.2, 0) is 16.1 Å². The maximum absolute atomic E-state index is 12.0. The minimum absolute atomic E-state index is 0.211. The van der Waals surface area contributed by atoms with Gasteiger partial charge in [0.15, 0.2) is 0 Å². The van der Waals surface area contributed by atoms with Gasteiger partial charge in [0.2, 0.25) is 0 Å². The first kappa shape index (κ1) is 15.4. The number of nitrogens with zero attached hydrogens (tertiary/aromatic N) is 1. The lowest BCUT2D eigenvalue weighted by molar-refractivity contribution is -0.137. The predicted molar refractivity (Wildman–Crippen MR) is 77.8 cm³/mol. The lowest BCUT2D eigenvalue weighted by atomic mass is 9.92. The van der Waals surface area contributed by atoms with Crippen LogP contribution in [0.1, 0.15) is 31.2 Å². The normalized spacial score (nSPS) is 15.7. The number of amides is 1. The Bertz CT molecular complexity index is 466. The van der Waals surface area contributed by atoms with Crippen molar-refractivity contribution in [2.45, 2.75) is 32.3 Å². The highest BCUT2D eigenvalue weighted by Crippen LogP contribution is 2.22. The Morgan fingerprint density at radius 2 is 1.86 bits per heavy atom. The molecule has 0 bridgehead atoms. The smallest absolute Gasteiger partial charge is 0.410 e. The number of ether oxygens (including phenoxy) is 1. The van der Waals surface area contributed by atoms with Gasteiger partial charge in [-0.3, -0.25) is 4.79 Å². The van der Waals surface area contributed by atoms with Crippen LogP contribution in [0.15, 0.2) is 30.3 Å². The largest absolute Gasteiger partial charge is 0.481 e. The molecule has 0 unspecified atom stereocenters. The van der Waals surface area contributed by atoms with Gasteiger partial charge in [-0.05, 0) is 30.7 Å². The van der Waals surface area contributed by atoms with E-state index in [1.54, 1.807) is 4.90 Å². The lowest BCUT2D eigenvalue weighted by Gasteiger charge is -2.31. The first-order chi connectivity index (χ1) is 10.1. The van der Waals surface area contributed by atoms with Crippen molar-refractivity contribution < 1.29 is 19.4 Å². The predicted octanol–water partition coefficient (Wildman–Crippen LogP) is 2.90. The molecule has 114 valence electrons. The standard InChI is InChI=1S/C16H21NO4/c18-15(19)7-6-13-8-10-17(11-9-13)16(20)21-12-14-4-2-1-3-5-14/h1-5,13H,6-12H2,(H,18,19). The second-order valence-electron chi connectivity index (χ2n) is 5.40. The Balaban J connectivity index is 1.69. The van der Waals surface area contributed by atoms with Crippen LogP contribution in [-0.4, -0.2) is 35.2 Å². The fourth-order valence-corrected chi connectivity index (χ4v) is 2.54. The van der Waals surface area contributed by atoms with E-state index >= 15 is 0 Å². The number of carboxylic acids is 1. The number of carbonyl (C=O) groups is 2. The van der Waals surface area contributed by atoms with Gasteiger partial charge in [0, 0.05) is 19.5 Å². The maximum Gasteiger partial charge on any atom is 0.410 e. The van der Waals surface area contributed by atoms with Gasteiger partial charge < -0.3 is 14.7 Å². The van der Waals surface area contributed by atoms with E-state index < -0.39 is 5.97 Å². The first-order valence-electron chi connectivity index (χ1n) is 7.32. The van der Waals surface area contributed by atoms with Crippen molar-refractivity contribution in [2.24, 2.45) is 5.92 Å². The fourth-order valence-electron chi connectivity index (χ4n) is 2.54. The third-order valence-corrected chi connectivity index (χ3v) is 3.84. The number of likely N-dealkylation sites (tertiary alicyclic amines) is 1. The van der Waals surface area contributed by atoms with Crippen molar-refractivity contribution in [1.29, 1.82) is 0 Å². The van der Waals surface area contributed by atoms with Crippen LogP contribution in [0.4, 0.5) is 4.79 Å². The molecule has 0 spiro atoms. The zero-order valence-corrected chi connectivity index (χ0v) is 12.0. The average Bonchev–Trinajstić information content (AvgIpc) is 2.52. The maximum atomic E-state index is 12.0. The number of carboxylic acid groups (broad SMARTS) is 1. The highest BCUT2D eigenvalue weighted by Gasteiger charge is 2.24. The average molecular weight is 291 g/mol. The summed E-state index contributed by atoms with van der Waals surface area (Å²) < 4.78 is 5.29. The molecule has 5 heteroatoms. The molecule has 2 rings (SSSR count). The molecule has 0 aromatic heterocycles. The van der Waals surface area contributed by atoms with Gasteiger partial charge in [-0.2, -0.15) is 0 Å². The molecule has 21 heavy (non-hydrogen) atoms. The molecule has 5 nitrogen and oxygen atoms in total. The molecule has 1 aromatic rings. The summed E-state index contributed by atoms with van der Waals surface area (Å²) >= 11 is 0. The topological polar surface area (TPSA) is 66.8 Å². The number of hydrogen-bond acceptors (Lipinski definition) is 3. The van der Waals surface area contributed by atoms with Gasteiger partial charge in [0.25, 0.3) is 0 Å². The van der Waals surface area contributed by atoms with Gasteiger partial charge in [0.1, 0.15) is 6.61 Å². The Labute approximate surface area is 124 Å². The molecule has 1 N–H and O–H groups in total. The highest BCUT2D eigenvalue weighted by atomic mass is 16.6. The van der Waals surface area contributed by atoms with Crippen molar-refractivity contribution in [1.82, 2.24) is 4.90 Å². The summed E-state index contributed by atoms with van der Waals surface area (Å²) in [7, 11) is 0. The molecule has 1 aliphatic rings. The van der Waals surface area contributed by atoms with E-state index in [-0.39, 0.29) is 12.5 Å². The van der Waals surface area contributed by atoms with Crippen LogP contribution in [0, 0.1) is 5.92 Å². The summed E-state index contributed by atoms with van der Waals surface area (Å²) in [6, 6.07) is 9.60. The molecule has 1 fully saturated rings. The van der Waals surface area contributed by atoms with Gasteiger partial charge >= 0.3 is 12.1 Å². The summed E-state index contributed by atoms with van der Waals surface area (Å²) in [5.41, 5.74) is 0.974. The zero-order chi connectivity index (χ0) is 15.1. The Hall–Kier alpha value is -2.04. The first-order valence-corrected chi connectivity index (χ1v) is 7.32. The van der Waals surface area contributed by atoms with E-state index in [0.29, 0.717) is 32.0 Å². The lowest BCUT2D eigenvalue weighted by Crippen LogP contribution is -2.38. The molecule has 1 aliphatic heterocycles. The molecule has 0 saturated carbocycles. The van der Waals surface area contributed by atoms with E-state index in [2.05, 4.69) is 0 Å². The van der Waals surface area contributed by atoms with Crippen LogP contribution in [0.25, 0.3) is 0 Å². The number of piperidine rings is 1. The van der Waals surface area contributed by atoms with Crippen LogP contribution < -0.4 is 0 Å². The Morgan fingerprint density at radius 3 is 2.48 bits per heavy atom. The number of carbonyl (C=O) groups excluding carboxylic acids is 1. The van der Waals surface area contributed by atoms with Crippen molar-refractivity contribution in [3.05, 3.63) is 35.9 Å². The number of aliphatic carboxylic acids is 1. The third kappa shape index (κ3) is 5.10. The fraction of sp³-hybridized carbons (Fsp3) is 0.500.